The Bertz CT molecular complexity index is 430. The highest BCUT2D eigenvalue weighted by molar-refractivity contribution is 5.75. The van der Waals surface area contributed by atoms with Crippen molar-refractivity contribution in [2.45, 2.75) is 57.8 Å². The maximum absolute atomic E-state index is 11.2. The molecule has 0 amide bonds. The van der Waals surface area contributed by atoms with Gasteiger partial charge in [0.2, 0.25) is 0 Å². The quantitative estimate of drug-likeness (QED) is 0.613. The van der Waals surface area contributed by atoms with E-state index in [0.717, 1.165) is 25.5 Å². The van der Waals surface area contributed by atoms with Gasteiger partial charge < -0.3 is 5.11 Å². The molecule has 2 fully saturated rings. The molecule has 1 saturated heterocycles. The highest BCUT2D eigenvalue weighted by Crippen LogP contribution is 2.62. The number of carbonyl (C=O) groups excluding carboxylic acids is 1. The molecule has 106 valence electrons. The Morgan fingerprint density at radius 2 is 2.26 bits per heavy atom. The van der Waals surface area contributed by atoms with Crippen LogP contribution in [0.2, 0.25) is 0 Å². The molecule has 1 N–H and O–H groups in total. The second-order valence-corrected chi connectivity index (χ2v) is 6.84. The number of carbonyl (C=O) groups is 1. The third kappa shape index (κ3) is 1.54. The van der Waals surface area contributed by atoms with Gasteiger partial charge in [-0.2, -0.15) is 0 Å². The Labute approximate surface area is 113 Å². The van der Waals surface area contributed by atoms with E-state index in [1.54, 1.807) is 6.08 Å². The van der Waals surface area contributed by atoms with Crippen LogP contribution in [0, 0.1) is 17.3 Å². The Balaban J connectivity index is 2.12. The molecule has 0 unspecified atom stereocenters. The molecule has 0 aromatic heterocycles. The van der Waals surface area contributed by atoms with Crippen LogP contribution >= 0.6 is 0 Å². The molecule has 4 rings (SSSR count). The summed E-state index contributed by atoms with van der Waals surface area (Å²) in [4.78, 5) is 22.4. The first kappa shape index (κ1) is 13.3. The highest BCUT2D eigenvalue weighted by Gasteiger charge is 2.67. The summed E-state index contributed by atoms with van der Waals surface area (Å²) >= 11 is 0. The normalized spacial score (nSPS) is 48.9. The molecule has 2 aliphatic heterocycles. The molecule has 5 atom stereocenters. The Hall–Kier alpha value is -0.710. The lowest BCUT2D eigenvalue weighted by atomic mass is 9.65. The minimum absolute atomic E-state index is 0.133. The van der Waals surface area contributed by atoms with Gasteiger partial charge in [-0.3, -0.25) is 4.79 Å². The first-order valence-electron chi connectivity index (χ1n) is 7.14. The van der Waals surface area contributed by atoms with E-state index in [0.29, 0.717) is 11.5 Å². The van der Waals surface area contributed by atoms with E-state index in [1.165, 1.54) is 0 Å². The molecule has 0 aromatic rings. The minimum Gasteiger partial charge on any atom is -0.386 e. The lowest BCUT2D eigenvalue weighted by Gasteiger charge is -2.51. The van der Waals surface area contributed by atoms with Gasteiger partial charge in [-0.15, -0.1) is 0 Å². The van der Waals surface area contributed by atoms with Gasteiger partial charge in [0, 0.05) is 11.0 Å². The van der Waals surface area contributed by atoms with Gasteiger partial charge in [-0.25, -0.2) is 9.78 Å². The van der Waals surface area contributed by atoms with Gasteiger partial charge in [0.1, 0.15) is 24.1 Å². The molecule has 1 spiro atoms. The molecule has 19 heavy (non-hydrogen) atoms. The summed E-state index contributed by atoms with van der Waals surface area (Å²) in [5.41, 5.74) is -0.323. The van der Waals surface area contributed by atoms with Crippen LogP contribution in [0.15, 0.2) is 11.6 Å². The fourth-order valence-electron chi connectivity index (χ4n) is 4.49. The predicted octanol–water partition coefficient (Wildman–Crippen LogP) is 2.02. The number of fused-ring (bicyclic) bond motifs is 2. The molecule has 0 radical (unpaired) electrons. The smallest absolute Gasteiger partial charge is 0.148 e. The predicted molar refractivity (Wildman–Crippen MR) is 69.1 cm³/mol. The number of rotatable bonds is 2. The average molecular weight is 266 g/mol. The fraction of sp³-hybridized carbons (Fsp3) is 0.800. The van der Waals surface area contributed by atoms with Gasteiger partial charge in [0.25, 0.3) is 0 Å². The van der Waals surface area contributed by atoms with Crippen molar-refractivity contribution in [2.75, 3.05) is 0 Å². The summed E-state index contributed by atoms with van der Waals surface area (Å²) in [6, 6.07) is 0. The van der Waals surface area contributed by atoms with Crippen LogP contribution in [-0.2, 0) is 14.6 Å². The molecule has 2 bridgehead atoms. The van der Waals surface area contributed by atoms with E-state index in [2.05, 4.69) is 20.8 Å². The van der Waals surface area contributed by atoms with Gasteiger partial charge in [0.05, 0.1) is 0 Å². The summed E-state index contributed by atoms with van der Waals surface area (Å²) in [7, 11) is 0. The Morgan fingerprint density at radius 3 is 2.89 bits per heavy atom. The highest BCUT2D eigenvalue weighted by atomic mass is 17.2. The van der Waals surface area contributed by atoms with E-state index in [4.69, 9.17) is 9.78 Å². The van der Waals surface area contributed by atoms with Crippen molar-refractivity contribution in [3.05, 3.63) is 11.6 Å². The molecule has 0 aromatic carbocycles. The van der Waals surface area contributed by atoms with Crippen LogP contribution in [0.25, 0.3) is 0 Å². The van der Waals surface area contributed by atoms with Crippen LogP contribution in [0.4, 0.5) is 0 Å². The van der Waals surface area contributed by atoms with Crippen molar-refractivity contribution < 1.29 is 19.7 Å². The second kappa shape index (κ2) is 4.14. The van der Waals surface area contributed by atoms with Crippen molar-refractivity contribution in [1.82, 2.24) is 0 Å². The molecular formula is C15H22O4. The lowest BCUT2D eigenvalue weighted by Crippen LogP contribution is -2.60. The van der Waals surface area contributed by atoms with E-state index in [1.807, 2.05) is 0 Å². The molecule has 4 aliphatic rings. The zero-order valence-electron chi connectivity index (χ0n) is 11.8. The summed E-state index contributed by atoms with van der Waals surface area (Å²) in [6.07, 6.45) is 4.11. The van der Waals surface area contributed by atoms with Gasteiger partial charge in [-0.05, 0) is 37.2 Å². The van der Waals surface area contributed by atoms with Crippen molar-refractivity contribution in [3.63, 3.8) is 0 Å². The number of hydrogen-bond donors (Lipinski definition) is 1. The third-order valence-corrected chi connectivity index (χ3v) is 5.54. The first-order chi connectivity index (χ1) is 8.94. The van der Waals surface area contributed by atoms with Crippen LogP contribution < -0.4 is 0 Å². The van der Waals surface area contributed by atoms with Crippen LogP contribution in [0.5, 0.6) is 0 Å². The van der Waals surface area contributed by atoms with Crippen LogP contribution in [0.3, 0.4) is 0 Å². The number of aldehydes is 1. The van der Waals surface area contributed by atoms with Gasteiger partial charge in [0.15, 0.2) is 0 Å². The SMILES string of the molecule is CC(C)[C@H]1CC[C@]2(C)C[C@@H]3OO[C@]12[C@@H](O)C=C3C=O. The summed E-state index contributed by atoms with van der Waals surface area (Å²) in [5.74, 6) is 0.651. The number of aliphatic hydroxyl groups is 1. The zero-order chi connectivity index (χ0) is 13.8. The Kier molecular flexibility index (Phi) is 2.89. The van der Waals surface area contributed by atoms with Crippen LogP contribution in [-0.4, -0.2) is 29.2 Å². The molecule has 4 nitrogen and oxygen atoms in total. The number of hydrogen-bond acceptors (Lipinski definition) is 4. The van der Waals surface area contributed by atoms with Crippen molar-refractivity contribution >= 4 is 6.29 Å². The van der Waals surface area contributed by atoms with Gasteiger partial charge in [-0.1, -0.05) is 20.8 Å². The molecular weight excluding hydrogens is 244 g/mol. The summed E-state index contributed by atoms with van der Waals surface area (Å²) in [6.45, 7) is 6.47. The third-order valence-electron chi connectivity index (χ3n) is 5.54. The molecule has 1 saturated carbocycles. The summed E-state index contributed by atoms with van der Waals surface area (Å²) < 4.78 is 0. The average Bonchev–Trinajstić information content (AvgIpc) is 2.57. The standard InChI is InChI=1S/C15H22O4/c1-9(2)11-4-5-14(3)7-12-10(8-16)6-13(17)15(11,14)19-18-12/h6,8-9,11-13,17H,4-5,7H2,1-3H3/t11-,12+,13+,14-,15+/m1/s1. The van der Waals surface area contributed by atoms with Crippen molar-refractivity contribution in [2.24, 2.45) is 17.3 Å². The fourth-order valence-corrected chi connectivity index (χ4v) is 4.49. The topological polar surface area (TPSA) is 55.8 Å². The first-order valence-corrected chi connectivity index (χ1v) is 7.14. The zero-order valence-corrected chi connectivity index (χ0v) is 11.8. The van der Waals surface area contributed by atoms with E-state index >= 15 is 0 Å². The lowest BCUT2D eigenvalue weighted by molar-refractivity contribution is -0.445. The van der Waals surface area contributed by atoms with Crippen LogP contribution in [0.1, 0.15) is 40.0 Å². The largest absolute Gasteiger partial charge is 0.386 e. The second-order valence-electron chi connectivity index (χ2n) is 6.84. The van der Waals surface area contributed by atoms with Crippen molar-refractivity contribution in [3.8, 4) is 0 Å². The maximum Gasteiger partial charge on any atom is 0.148 e. The summed E-state index contributed by atoms with van der Waals surface area (Å²) in [5, 5.41) is 10.7. The minimum atomic E-state index is -0.778. The van der Waals surface area contributed by atoms with E-state index in [9.17, 15) is 9.90 Å². The Morgan fingerprint density at radius 1 is 1.53 bits per heavy atom. The van der Waals surface area contributed by atoms with Gasteiger partial charge >= 0.3 is 0 Å². The molecule has 4 heteroatoms. The molecule has 2 heterocycles. The monoisotopic (exact) mass is 266 g/mol. The van der Waals surface area contributed by atoms with E-state index in [-0.39, 0.29) is 17.4 Å². The van der Waals surface area contributed by atoms with Crippen molar-refractivity contribution in [1.29, 1.82) is 0 Å². The maximum atomic E-state index is 11.2. The van der Waals surface area contributed by atoms with E-state index < -0.39 is 11.7 Å². The molecule has 2 aliphatic carbocycles. The number of aliphatic hydroxyl groups excluding tert-OH is 1.